The molecular weight excluding hydrogens is 542 g/mol. The number of rotatable bonds is 11. The molecule has 3 heterocycles. The molecule has 10 nitrogen and oxygen atoms in total. The summed E-state index contributed by atoms with van der Waals surface area (Å²) in [5, 5.41) is 11.0. The predicted octanol–water partition coefficient (Wildman–Crippen LogP) is 4.48. The lowest BCUT2D eigenvalue weighted by Crippen LogP contribution is -2.36. The number of hydrogen-bond donors (Lipinski definition) is 1. The number of thiazole rings is 1. The second-order valence-electron chi connectivity index (χ2n) is 8.97. The van der Waals surface area contributed by atoms with Crippen molar-refractivity contribution in [1.82, 2.24) is 9.97 Å². The van der Waals surface area contributed by atoms with Crippen LogP contribution >= 0.6 is 11.3 Å². The summed E-state index contributed by atoms with van der Waals surface area (Å²) in [5.74, 6) is 1.05. The van der Waals surface area contributed by atoms with Crippen molar-refractivity contribution in [3.63, 3.8) is 0 Å². The number of aliphatic hydroxyl groups excluding tert-OH is 1. The van der Waals surface area contributed by atoms with Gasteiger partial charge in [-0.05, 0) is 43.7 Å². The molecule has 206 valence electrons. The molecule has 0 amide bonds. The summed E-state index contributed by atoms with van der Waals surface area (Å²) in [4.78, 5) is 12.2. The van der Waals surface area contributed by atoms with Crippen LogP contribution in [0.2, 0.25) is 0 Å². The minimum atomic E-state index is -4.04. The van der Waals surface area contributed by atoms with E-state index in [1.165, 1.54) is 12.1 Å². The van der Waals surface area contributed by atoms with E-state index in [1.54, 1.807) is 41.7 Å². The SMILES string of the molecule is Cc1ccc(S(=O)(=O)OC(O)CCCOc2ccc3nc(/C=C/c4cnc(N5CCOCC5)s4)oc3c2)cc1. The van der Waals surface area contributed by atoms with Crippen LogP contribution in [0.15, 0.2) is 58.0 Å². The molecule has 0 aliphatic carbocycles. The normalized spacial score (nSPS) is 15.3. The first-order chi connectivity index (χ1) is 18.9. The molecule has 1 aliphatic heterocycles. The number of ether oxygens (including phenoxy) is 2. The standard InChI is InChI=1S/C27H29N3O7S2/c1-19-4-8-22(9-5-19)39(32,33)37-26(31)3-2-14-35-20-6-10-23-24(17-20)36-25(29-23)11-7-21-18-28-27(38-21)30-12-15-34-16-13-30/h4-11,17-18,26,31H,2-3,12-16H2,1H3/b11-7+. The van der Waals surface area contributed by atoms with E-state index >= 15 is 0 Å². The Kier molecular flexibility index (Phi) is 8.58. The maximum absolute atomic E-state index is 12.3. The van der Waals surface area contributed by atoms with Crippen molar-refractivity contribution in [3.8, 4) is 5.75 Å². The molecule has 0 spiro atoms. The number of morpholine rings is 1. The summed E-state index contributed by atoms with van der Waals surface area (Å²) in [6, 6.07) is 11.6. The van der Waals surface area contributed by atoms with E-state index in [9.17, 15) is 13.5 Å². The molecule has 12 heteroatoms. The maximum atomic E-state index is 12.3. The number of fused-ring (bicyclic) bond motifs is 1. The predicted molar refractivity (Wildman–Crippen MR) is 148 cm³/mol. The number of aryl methyl sites for hydroxylation is 1. The third kappa shape index (κ3) is 7.22. The lowest BCUT2D eigenvalue weighted by molar-refractivity contribution is -0.0210. The quantitative estimate of drug-likeness (QED) is 0.156. The molecule has 1 atom stereocenters. The van der Waals surface area contributed by atoms with Crippen LogP contribution in [-0.4, -0.2) is 62.7 Å². The third-order valence-corrected chi connectivity index (χ3v) is 8.32. The van der Waals surface area contributed by atoms with E-state index in [1.807, 2.05) is 25.3 Å². The number of aliphatic hydroxyl groups is 1. The highest BCUT2D eigenvalue weighted by Crippen LogP contribution is 2.26. The van der Waals surface area contributed by atoms with E-state index in [-0.39, 0.29) is 17.9 Å². The molecule has 4 aromatic rings. The number of nitrogens with zero attached hydrogens (tertiary/aromatic N) is 3. The van der Waals surface area contributed by atoms with E-state index in [2.05, 4.69) is 14.9 Å². The van der Waals surface area contributed by atoms with Gasteiger partial charge in [-0.2, -0.15) is 8.42 Å². The fourth-order valence-electron chi connectivity index (χ4n) is 3.89. The van der Waals surface area contributed by atoms with Crippen molar-refractivity contribution in [3.05, 3.63) is 65.0 Å². The van der Waals surface area contributed by atoms with Crippen molar-refractivity contribution in [2.75, 3.05) is 37.8 Å². The summed E-state index contributed by atoms with van der Waals surface area (Å²) >= 11 is 1.61. The number of oxazole rings is 1. The van der Waals surface area contributed by atoms with Crippen LogP contribution in [0.5, 0.6) is 5.75 Å². The van der Waals surface area contributed by atoms with E-state index in [4.69, 9.17) is 18.1 Å². The van der Waals surface area contributed by atoms with Crippen LogP contribution < -0.4 is 9.64 Å². The van der Waals surface area contributed by atoms with Gasteiger partial charge in [-0.1, -0.05) is 29.0 Å². The van der Waals surface area contributed by atoms with Crippen LogP contribution in [-0.2, 0) is 19.0 Å². The average molecular weight is 572 g/mol. The summed E-state index contributed by atoms with van der Waals surface area (Å²) in [7, 11) is -4.04. The second kappa shape index (κ2) is 12.3. The zero-order valence-electron chi connectivity index (χ0n) is 21.4. The third-order valence-electron chi connectivity index (χ3n) is 5.97. The van der Waals surface area contributed by atoms with Crippen molar-refractivity contribution < 1.29 is 31.6 Å². The Hall–Kier alpha value is -3.29. The molecule has 1 fully saturated rings. The van der Waals surface area contributed by atoms with Gasteiger partial charge in [0.05, 0.1) is 24.7 Å². The molecule has 5 rings (SSSR count). The summed E-state index contributed by atoms with van der Waals surface area (Å²) in [6.07, 6.45) is 4.58. The number of hydrogen-bond acceptors (Lipinski definition) is 11. The van der Waals surface area contributed by atoms with Crippen molar-refractivity contribution in [1.29, 1.82) is 0 Å². The van der Waals surface area contributed by atoms with Crippen LogP contribution in [0.25, 0.3) is 23.3 Å². The lowest BCUT2D eigenvalue weighted by atomic mass is 10.2. The van der Waals surface area contributed by atoms with E-state index < -0.39 is 16.4 Å². The minimum Gasteiger partial charge on any atom is -0.493 e. The molecule has 2 aromatic carbocycles. The summed E-state index contributed by atoms with van der Waals surface area (Å²) in [5.41, 5.74) is 2.21. The van der Waals surface area contributed by atoms with Gasteiger partial charge >= 0.3 is 0 Å². The molecular formula is C27H29N3O7S2. The Labute approximate surface area is 230 Å². The Morgan fingerprint density at radius 3 is 2.74 bits per heavy atom. The topological polar surface area (TPSA) is 124 Å². The highest BCUT2D eigenvalue weighted by atomic mass is 32.2. The first-order valence-electron chi connectivity index (χ1n) is 12.5. The molecule has 1 aliphatic rings. The molecule has 1 N–H and O–H groups in total. The number of anilines is 1. The monoisotopic (exact) mass is 571 g/mol. The molecule has 0 bridgehead atoms. The van der Waals surface area contributed by atoms with Crippen LogP contribution in [0.3, 0.4) is 0 Å². The first kappa shape index (κ1) is 27.3. The van der Waals surface area contributed by atoms with Gasteiger partial charge in [-0.25, -0.2) is 14.2 Å². The van der Waals surface area contributed by atoms with Gasteiger partial charge < -0.3 is 23.9 Å². The largest absolute Gasteiger partial charge is 0.493 e. The van der Waals surface area contributed by atoms with Gasteiger partial charge in [0, 0.05) is 42.7 Å². The number of aromatic nitrogens is 2. The van der Waals surface area contributed by atoms with Crippen molar-refractivity contribution >= 4 is 49.8 Å². The smallest absolute Gasteiger partial charge is 0.299 e. The van der Waals surface area contributed by atoms with Crippen LogP contribution in [0.1, 0.15) is 29.2 Å². The minimum absolute atomic E-state index is 0.00256. The molecule has 39 heavy (non-hydrogen) atoms. The zero-order valence-corrected chi connectivity index (χ0v) is 23.0. The second-order valence-corrected chi connectivity index (χ2v) is 11.6. The van der Waals surface area contributed by atoms with Crippen LogP contribution in [0.4, 0.5) is 5.13 Å². The zero-order chi connectivity index (χ0) is 27.2. The van der Waals surface area contributed by atoms with Gasteiger partial charge in [0.1, 0.15) is 11.3 Å². The van der Waals surface area contributed by atoms with Gasteiger partial charge in [0.2, 0.25) is 5.89 Å². The Balaban J connectivity index is 1.10. The Morgan fingerprint density at radius 2 is 1.95 bits per heavy atom. The van der Waals surface area contributed by atoms with Crippen molar-refractivity contribution in [2.24, 2.45) is 0 Å². The number of benzene rings is 2. The molecule has 0 saturated carbocycles. The van der Waals surface area contributed by atoms with Gasteiger partial charge in [-0.15, -0.1) is 0 Å². The molecule has 0 radical (unpaired) electrons. The highest BCUT2D eigenvalue weighted by molar-refractivity contribution is 7.86. The molecule has 1 unspecified atom stereocenters. The Morgan fingerprint density at radius 1 is 1.15 bits per heavy atom. The molecule has 2 aromatic heterocycles. The van der Waals surface area contributed by atoms with Gasteiger partial charge in [0.25, 0.3) is 10.1 Å². The fraction of sp³-hybridized carbons (Fsp3) is 0.333. The van der Waals surface area contributed by atoms with E-state index in [0.717, 1.165) is 28.7 Å². The first-order valence-corrected chi connectivity index (χ1v) is 14.8. The maximum Gasteiger partial charge on any atom is 0.299 e. The van der Waals surface area contributed by atoms with Gasteiger partial charge in [0.15, 0.2) is 17.0 Å². The van der Waals surface area contributed by atoms with Crippen LogP contribution in [0, 0.1) is 6.92 Å². The average Bonchev–Trinajstić information content (AvgIpc) is 3.57. The van der Waals surface area contributed by atoms with E-state index in [0.29, 0.717) is 42.4 Å². The fourth-order valence-corrected chi connectivity index (χ4v) is 5.73. The lowest BCUT2D eigenvalue weighted by Gasteiger charge is -2.25. The Bertz CT molecular complexity index is 1520. The summed E-state index contributed by atoms with van der Waals surface area (Å²) in [6.45, 7) is 5.23. The highest BCUT2D eigenvalue weighted by Gasteiger charge is 2.20. The summed E-state index contributed by atoms with van der Waals surface area (Å²) < 4.78 is 46.5. The molecule has 1 saturated heterocycles. The van der Waals surface area contributed by atoms with Gasteiger partial charge in [-0.3, -0.25) is 0 Å². The van der Waals surface area contributed by atoms with Crippen molar-refractivity contribution in [2.45, 2.75) is 31.0 Å².